The Morgan fingerprint density at radius 3 is 1.62 bits per heavy atom. The van der Waals surface area contributed by atoms with Crippen molar-refractivity contribution in [2.45, 2.75) is 54.9 Å². The van der Waals surface area contributed by atoms with E-state index in [1.54, 1.807) is 0 Å². The van der Waals surface area contributed by atoms with Gasteiger partial charge in [-0.05, 0) is 34.0 Å². The SMILES string of the molecule is CC(C)C12CC1(C(C)(C)C)C2(C)C. The van der Waals surface area contributed by atoms with E-state index in [4.69, 9.17) is 0 Å². The normalized spacial score (nSPS) is 46.2. The molecule has 0 aliphatic heterocycles. The fourth-order valence-corrected chi connectivity index (χ4v) is 5.10. The molecule has 0 aromatic rings. The van der Waals surface area contributed by atoms with Gasteiger partial charge in [-0.15, -0.1) is 0 Å². The second kappa shape index (κ2) is 1.85. The van der Waals surface area contributed by atoms with E-state index in [2.05, 4.69) is 48.5 Å². The van der Waals surface area contributed by atoms with Crippen molar-refractivity contribution in [2.24, 2.45) is 27.6 Å². The predicted octanol–water partition coefficient (Wildman–Crippen LogP) is 4.10. The zero-order chi connectivity index (χ0) is 10.3. The highest BCUT2D eigenvalue weighted by Gasteiger charge is 2.98. The zero-order valence-corrected chi connectivity index (χ0v) is 10.3. The van der Waals surface area contributed by atoms with Gasteiger partial charge in [-0.2, -0.15) is 0 Å². The first kappa shape index (κ1) is 9.55. The summed E-state index contributed by atoms with van der Waals surface area (Å²) in [6.45, 7) is 17.0. The van der Waals surface area contributed by atoms with E-state index in [0.29, 0.717) is 21.7 Å². The summed E-state index contributed by atoms with van der Waals surface area (Å²) in [4.78, 5) is 0. The first-order chi connectivity index (χ1) is 5.65. The Hall–Kier alpha value is 0. The Morgan fingerprint density at radius 2 is 1.54 bits per heavy atom. The van der Waals surface area contributed by atoms with Crippen LogP contribution in [0.5, 0.6) is 0 Å². The Bertz CT molecular complexity index is 254. The van der Waals surface area contributed by atoms with Crippen LogP contribution in [0.4, 0.5) is 0 Å². The van der Waals surface area contributed by atoms with Gasteiger partial charge in [-0.1, -0.05) is 48.5 Å². The van der Waals surface area contributed by atoms with Crippen LogP contribution < -0.4 is 0 Å². The molecular weight excluding hydrogens is 156 g/mol. The summed E-state index contributed by atoms with van der Waals surface area (Å²) >= 11 is 0. The van der Waals surface area contributed by atoms with Gasteiger partial charge >= 0.3 is 0 Å². The molecule has 0 aromatic heterocycles. The summed E-state index contributed by atoms with van der Waals surface area (Å²) in [6.07, 6.45) is 1.48. The molecule has 2 saturated carbocycles. The van der Waals surface area contributed by atoms with Crippen LogP contribution in [0.25, 0.3) is 0 Å². The lowest BCUT2D eigenvalue weighted by Crippen LogP contribution is -2.23. The molecule has 2 aliphatic carbocycles. The fraction of sp³-hybridized carbons (Fsp3) is 1.00. The highest BCUT2D eigenvalue weighted by molar-refractivity contribution is 5.45. The van der Waals surface area contributed by atoms with Gasteiger partial charge in [-0.25, -0.2) is 0 Å². The van der Waals surface area contributed by atoms with Crippen molar-refractivity contribution in [3.63, 3.8) is 0 Å². The van der Waals surface area contributed by atoms with E-state index in [1.165, 1.54) is 6.42 Å². The van der Waals surface area contributed by atoms with E-state index < -0.39 is 0 Å². The molecule has 0 heteroatoms. The average Bonchev–Trinajstić information content (AvgIpc) is 2.65. The van der Waals surface area contributed by atoms with Gasteiger partial charge in [0.15, 0.2) is 0 Å². The summed E-state index contributed by atoms with van der Waals surface area (Å²) < 4.78 is 0. The maximum absolute atomic E-state index is 2.47. The maximum Gasteiger partial charge on any atom is -0.0122 e. The molecule has 0 saturated heterocycles. The topological polar surface area (TPSA) is 0 Å². The van der Waals surface area contributed by atoms with Gasteiger partial charge in [0.25, 0.3) is 0 Å². The van der Waals surface area contributed by atoms with Crippen molar-refractivity contribution >= 4 is 0 Å². The molecule has 0 radical (unpaired) electrons. The number of hydrogen-bond donors (Lipinski definition) is 0. The van der Waals surface area contributed by atoms with E-state index in [1.807, 2.05) is 0 Å². The van der Waals surface area contributed by atoms with Crippen molar-refractivity contribution < 1.29 is 0 Å². The molecule has 0 aromatic carbocycles. The van der Waals surface area contributed by atoms with Crippen molar-refractivity contribution in [2.75, 3.05) is 0 Å². The van der Waals surface area contributed by atoms with Gasteiger partial charge in [0.2, 0.25) is 0 Å². The Labute approximate surface area is 83.1 Å². The molecule has 0 bridgehead atoms. The highest BCUT2D eigenvalue weighted by Crippen LogP contribution is 3.03. The summed E-state index contributed by atoms with van der Waals surface area (Å²) in [5.41, 5.74) is 2.46. The minimum absolute atomic E-state index is 0.501. The first-order valence-electron chi connectivity index (χ1n) is 5.65. The number of rotatable bonds is 1. The van der Waals surface area contributed by atoms with Crippen LogP contribution in [-0.4, -0.2) is 0 Å². The molecule has 0 spiro atoms. The van der Waals surface area contributed by atoms with Crippen LogP contribution in [0.3, 0.4) is 0 Å². The first-order valence-corrected chi connectivity index (χ1v) is 5.65. The van der Waals surface area contributed by atoms with Crippen LogP contribution in [0, 0.1) is 27.6 Å². The van der Waals surface area contributed by atoms with Crippen LogP contribution in [0.15, 0.2) is 0 Å². The molecule has 0 nitrogen and oxygen atoms in total. The fourth-order valence-electron chi connectivity index (χ4n) is 5.10. The second-order valence-corrected chi connectivity index (χ2v) is 7.08. The number of fused-ring (bicyclic) bond motifs is 1. The Balaban J connectivity index is 2.35. The van der Waals surface area contributed by atoms with E-state index in [0.717, 1.165) is 5.92 Å². The summed E-state index contributed by atoms with van der Waals surface area (Å²) in [6, 6.07) is 0. The lowest BCUT2D eigenvalue weighted by Gasteiger charge is -2.30. The van der Waals surface area contributed by atoms with Crippen LogP contribution >= 0.6 is 0 Å². The standard InChI is InChI=1S/C13H24/c1-9(2)12-8-13(12,10(3,4)5)11(12,6)7/h9H,8H2,1-7H3. The van der Waals surface area contributed by atoms with Gasteiger partial charge in [0, 0.05) is 0 Å². The van der Waals surface area contributed by atoms with Gasteiger partial charge in [-0.3, -0.25) is 0 Å². The molecule has 0 amide bonds. The smallest absolute Gasteiger partial charge is 0.0122 e. The largest absolute Gasteiger partial charge is 0.0622 e. The van der Waals surface area contributed by atoms with Gasteiger partial charge in [0.05, 0.1) is 0 Å². The van der Waals surface area contributed by atoms with Crippen LogP contribution in [0.1, 0.15) is 54.9 Å². The van der Waals surface area contributed by atoms with E-state index >= 15 is 0 Å². The van der Waals surface area contributed by atoms with Crippen LogP contribution in [-0.2, 0) is 0 Å². The zero-order valence-electron chi connectivity index (χ0n) is 10.3. The lowest BCUT2D eigenvalue weighted by molar-refractivity contribution is 0.183. The monoisotopic (exact) mass is 180 g/mol. The molecule has 13 heavy (non-hydrogen) atoms. The summed E-state index contributed by atoms with van der Waals surface area (Å²) in [5, 5.41) is 0. The van der Waals surface area contributed by atoms with Crippen LogP contribution in [0.2, 0.25) is 0 Å². The molecule has 0 heterocycles. The van der Waals surface area contributed by atoms with Gasteiger partial charge in [0.1, 0.15) is 0 Å². The Morgan fingerprint density at radius 1 is 1.08 bits per heavy atom. The maximum atomic E-state index is 2.47. The Kier molecular flexibility index (Phi) is 1.36. The predicted molar refractivity (Wildman–Crippen MR) is 57.6 cm³/mol. The molecule has 76 valence electrons. The molecule has 0 N–H and O–H groups in total. The average molecular weight is 180 g/mol. The minimum Gasteiger partial charge on any atom is -0.0622 e. The third kappa shape index (κ3) is 0.620. The van der Waals surface area contributed by atoms with Crippen molar-refractivity contribution in [1.82, 2.24) is 0 Å². The third-order valence-corrected chi connectivity index (χ3v) is 5.57. The summed E-state index contributed by atoms with van der Waals surface area (Å²) in [5.74, 6) is 0.863. The number of hydrogen-bond acceptors (Lipinski definition) is 0. The molecular formula is C13H24. The van der Waals surface area contributed by atoms with Crippen molar-refractivity contribution in [3.05, 3.63) is 0 Å². The second-order valence-electron chi connectivity index (χ2n) is 7.08. The summed E-state index contributed by atoms with van der Waals surface area (Å²) in [7, 11) is 0. The molecule has 2 fully saturated rings. The van der Waals surface area contributed by atoms with Crippen molar-refractivity contribution in [3.8, 4) is 0 Å². The molecule has 2 aliphatic rings. The minimum atomic E-state index is 0.501. The lowest BCUT2D eigenvalue weighted by atomic mass is 9.74. The molecule has 2 unspecified atom stereocenters. The highest BCUT2D eigenvalue weighted by atomic mass is 15.0. The molecule has 2 atom stereocenters. The van der Waals surface area contributed by atoms with E-state index in [9.17, 15) is 0 Å². The molecule has 2 rings (SSSR count). The van der Waals surface area contributed by atoms with Gasteiger partial charge < -0.3 is 0 Å². The van der Waals surface area contributed by atoms with E-state index in [-0.39, 0.29) is 0 Å². The van der Waals surface area contributed by atoms with Crippen molar-refractivity contribution in [1.29, 1.82) is 0 Å². The quantitative estimate of drug-likeness (QED) is 0.570. The third-order valence-electron chi connectivity index (χ3n) is 5.57.